The van der Waals surface area contributed by atoms with Crippen LogP contribution in [-0.4, -0.2) is 31.2 Å². The highest BCUT2D eigenvalue weighted by Crippen LogP contribution is 2.36. The second-order valence-corrected chi connectivity index (χ2v) is 6.20. The number of hydrogen-bond donors (Lipinski definition) is 1. The minimum atomic E-state index is 0.599. The van der Waals surface area contributed by atoms with E-state index in [1.807, 2.05) is 12.1 Å². The molecule has 1 aromatic carbocycles. The third kappa shape index (κ3) is 3.94. The largest absolute Gasteiger partial charge is 0.398 e. The summed E-state index contributed by atoms with van der Waals surface area (Å²) in [6.07, 6.45) is 2.71. The maximum absolute atomic E-state index is 6.10. The van der Waals surface area contributed by atoms with Gasteiger partial charge in [-0.1, -0.05) is 22.0 Å². The molecule has 0 aromatic heterocycles. The average Bonchev–Trinajstić information content (AvgIpc) is 3.21. The van der Waals surface area contributed by atoms with Crippen LogP contribution in [0.2, 0.25) is 0 Å². The van der Waals surface area contributed by atoms with Crippen molar-refractivity contribution in [3.05, 3.63) is 28.2 Å². The summed E-state index contributed by atoms with van der Waals surface area (Å²) in [6, 6.07) is 6.60. The molecule has 19 heavy (non-hydrogen) atoms. The molecule has 0 aliphatic heterocycles. The van der Waals surface area contributed by atoms with Crippen LogP contribution in [0.3, 0.4) is 0 Å². The van der Waals surface area contributed by atoms with E-state index in [4.69, 9.17) is 10.5 Å². The highest BCUT2D eigenvalue weighted by molar-refractivity contribution is 9.10. The Morgan fingerprint density at radius 3 is 2.79 bits per heavy atom. The van der Waals surface area contributed by atoms with Crippen molar-refractivity contribution in [2.45, 2.75) is 32.4 Å². The lowest BCUT2D eigenvalue weighted by Gasteiger charge is -2.30. The number of methoxy groups -OCH3 is 1. The molecule has 1 aromatic rings. The SMILES string of the molecule is COCCN(Cc1c(N)cccc1Br)C(C)C1CC1. The molecule has 1 saturated carbocycles. The molecule has 1 aliphatic carbocycles. The van der Waals surface area contributed by atoms with E-state index in [1.165, 1.54) is 18.4 Å². The van der Waals surface area contributed by atoms with Crippen molar-refractivity contribution in [1.29, 1.82) is 0 Å². The van der Waals surface area contributed by atoms with Crippen LogP contribution in [0.15, 0.2) is 22.7 Å². The maximum atomic E-state index is 6.10. The maximum Gasteiger partial charge on any atom is 0.0589 e. The smallest absolute Gasteiger partial charge is 0.0589 e. The summed E-state index contributed by atoms with van der Waals surface area (Å²) < 4.78 is 6.33. The fraction of sp³-hybridized carbons (Fsp3) is 0.600. The van der Waals surface area contributed by atoms with Crippen molar-refractivity contribution in [3.8, 4) is 0 Å². The topological polar surface area (TPSA) is 38.5 Å². The molecule has 4 heteroatoms. The van der Waals surface area contributed by atoms with Gasteiger partial charge in [-0.2, -0.15) is 0 Å². The molecule has 1 atom stereocenters. The van der Waals surface area contributed by atoms with Crippen LogP contribution in [0.5, 0.6) is 0 Å². The lowest BCUT2D eigenvalue weighted by Crippen LogP contribution is -2.37. The molecule has 0 heterocycles. The van der Waals surface area contributed by atoms with Gasteiger partial charge in [-0.05, 0) is 37.8 Å². The molecule has 0 saturated heterocycles. The molecule has 3 nitrogen and oxygen atoms in total. The van der Waals surface area contributed by atoms with Gasteiger partial charge >= 0.3 is 0 Å². The summed E-state index contributed by atoms with van der Waals surface area (Å²) in [5.41, 5.74) is 8.15. The molecule has 1 fully saturated rings. The van der Waals surface area contributed by atoms with Crippen LogP contribution in [0, 0.1) is 5.92 Å². The molecule has 2 N–H and O–H groups in total. The highest BCUT2D eigenvalue weighted by Gasteiger charge is 2.32. The molecule has 0 radical (unpaired) electrons. The molecule has 0 bridgehead atoms. The Bertz CT molecular complexity index is 400. The predicted molar refractivity (Wildman–Crippen MR) is 83.0 cm³/mol. The van der Waals surface area contributed by atoms with Gasteiger partial charge in [-0.3, -0.25) is 4.90 Å². The van der Waals surface area contributed by atoms with E-state index in [-0.39, 0.29) is 0 Å². The molecule has 0 amide bonds. The minimum Gasteiger partial charge on any atom is -0.398 e. The number of halogens is 1. The molecule has 2 rings (SSSR count). The first-order valence-corrected chi connectivity index (χ1v) is 7.68. The van der Waals surface area contributed by atoms with E-state index in [0.29, 0.717) is 6.04 Å². The Balaban J connectivity index is 2.09. The van der Waals surface area contributed by atoms with Gasteiger partial charge in [0, 0.05) is 42.0 Å². The Hall–Kier alpha value is -0.580. The number of hydrogen-bond acceptors (Lipinski definition) is 3. The number of ether oxygens (including phenoxy) is 1. The number of anilines is 1. The van der Waals surface area contributed by atoms with E-state index >= 15 is 0 Å². The van der Waals surface area contributed by atoms with Gasteiger partial charge in [0.1, 0.15) is 0 Å². The molecular weight excluding hydrogens is 304 g/mol. The standard InChI is InChI=1S/C15H23BrN2O/c1-11(12-6-7-12)18(8-9-19-2)10-13-14(16)4-3-5-15(13)17/h3-5,11-12H,6-10,17H2,1-2H3. The number of rotatable bonds is 7. The van der Waals surface area contributed by atoms with Crippen molar-refractivity contribution < 1.29 is 4.74 Å². The number of nitrogens with zero attached hydrogens (tertiary/aromatic N) is 1. The first-order chi connectivity index (χ1) is 9.13. The second kappa shape index (κ2) is 6.73. The van der Waals surface area contributed by atoms with E-state index < -0.39 is 0 Å². The third-order valence-electron chi connectivity index (χ3n) is 3.98. The van der Waals surface area contributed by atoms with Gasteiger partial charge in [0.05, 0.1) is 6.61 Å². The zero-order valence-electron chi connectivity index (χ0n) is 11.7. The fourth-order valence-corrected chi connectivity index (χ4v) is 2.96. The lowest BCUT2D eigenvalue weighted by molar-refractivity contribution is 0.111. The van der Waals surface area contributed by atoms with Crippen LogP contribution < -0.4 is 5.73 Å². The normalized spacial score (nSPS) is 16.8. The number of nitrogen functional groups attached to an aromatic ring is 1. The van der Waals surface area contributed by atoms with Crippen LogP contribution in [-0.2, 0) is 11.3 Å². The van der Waals surface area contributed by atoms with Gasteiger partial charge in [0.15, 0.2) is 0 Å². The Labute approximate surface area is 124 Å². The van der Waals surface area contributed by atoms with E-state index in [9.17, 15) is 0 Å². The quantitative estimate of drug-likeness (QED) is 0.781. The Morgan fingerprint density at radius 2 is 2.21 bits per heavy atom. The van der Waals surface area contributed by atoms with Crippen LogP contribution >= 0.6 is 15.9 Å². The molecular formula is C15H23BrN2O. The van der Waals surface area contributed by atoms with Crippen molar-refractivity contribution in [2.75, 3.05) is 26.0 Å². The van der Waals surface area contributed by atoms with Crippen LogP contribution in [0.1, 0.15) is 25.3 Å². The first-order valence-electron chi connectivity index (χ1n) is 6.89. The Kier molecular flexibility index (Phi) is 5.25. The molecule has 1 unspecified atom stereocenters. The second-order valence-electron chi connectivity index (χ2n) is 5.35. The molecule has 0 spiro atoms. The van der Waals surface area contributed by atoms with E-state index in [0.717, 1.165) is 35.8 Å². The summed E-state index contributed by atoms with van der Waals surface area (Å²) in [4.78, 5) is 2.48. The average molecular weight is 327 g/mol. The zero-order chi connectivity index (χ0) is 13.8. The summed E-state index contributed by atoms with van der Waals surface area (Å²) in [6.45, 7) is 4.92. The van der Waals surface area contributed by atoms with E-state index in [1.54, 1.807) is 7.11 Å². The van der Waals surface area contributed by atoms with Gasteiger partial charge in [-0.15, -0.1) is 0 Å². The predicted octanol–water partition coefficient (Wildman–Crippen LogP) is 3.28. The first kappa shape index (κ1) is 14.8. The van der Waals surface area contributed by atoms with Crippen molar-refractivity contribution in [3.63, 3.8) is 0 Å². The molecule has 1 aliphatic rings. The summed E-state index contributed by atoms with van der Waals surface area (Å²) in [7, 11) is 1.76. The van der Waals surface area contributed by atoms with Crippen LogP contribution in [0.25, 0.3) is 0 Å². The fourth-order valence-electron chi connectivity index (χ4n) is 2.46. The monoisotopic (exact) mass is 326 g/mol. The number of nitrogens with two attached hydrogens (primary N) is 1. The van der Waals surface area contributed by atoms with Crippen LogP contribution in [0.4, 0.5) is 5.69 Å². The lowest BCUT2D eigenvalue weighted by atomic mass is 10.1. The van der Waals surface area contributed by atoms with E-state index in [2.05, 4.69) is 33.8 Å². The van der Waals surface area contributed by atoms with Crippen molar-refractivity contribution in [1.82, 2.24) is 4.90 Å². The summed E-state index contributed by atoms with van der Waals surface area (Å²) in [5.74, 6) is 0.848. The van der Waals surface area contributed by atoms with Crippen molar-refractivity contribution >= 4 is 21.6 Å². The zero-order valence-corrected chi connectivity index (χ0v) is 13.3. The van der Waals surface area contributed by atoms with Gasteiger partial charge in [0.2, 0.25) is 0 Å². The highest BCUT2D eigenvalue weighted by atomic mass is 79.9. The van der Waals surface area contributed by atoms with Gasteiger partial charge in [0.25, 0.3) is 0 Å². The Morgan fingerprint density at radius 1 is 1.47 bits per heavy atom. The minimum absolute atomic E-state index is 0.599. The van der Waals surface area contributed by atoms with Gasteiger partial charge in [-0.25, -0.2) is 0 Å². The molecule has 106 valence electrons. The van der Waals surface area contributed by atoms with Crippen molar-refractivity contribution in [2.24, 2.45) is 5.92 Å². The van der Waals surface area contributed by atoms with Gasteiger partial charge < -0.3 is 10.5 Å². The third-order valence-corrected chi connectivity index (χ3v) is 4.72. The summed E-state index contributed by atoms with van der Waals surface area (Å²) >= 11 is 3.61. The number of benzene rings is 1. The summed E-state index contributed by atoms with van der Waals surface area (Å²) in [5, 5.41) is 0.